The van der Waals surface area contributed by atoms with Gasteiger partial charge >= 0.3 is 6.09 Å². The molecule has 0 bridgehead atoms. The number of rotatable bonds is 0. The quantitative estimate of drug-likeness (QED) is 0.724. The minimum Gasteiger partial charge on any atom is -0.444 e. The maximum Gasteiger partial charge on any atom is 0.410 e. The number of piperidine rings is 1. The number of ether oxygens (including phenoxy) is 1. The fourth-order valence-corrected chi connectivity index (χ4v) is 3.02. The summed E-state index contributed by atoms with van der Waals surface area (Å²) < 4.78 is 5.41. The van der Waals surface area contributed by atoms with E-state index in [0.29, 0.717) is 13.1 Å². The lowest BCUT2D eigenvalue weighted by atomic mass is 9.71. The fraction of sp³-hybridized carbons (Fsp3) is 0.857. The van der Waals surface area contributed by atoms with Crippen molar-refractivity contribution in [2.75, 3.05) is 26.2 Å². The van der Waals surface area contributed by atoms with E-state index < -0.39 is 5.60 Å². The zero-order valence-electron chi connectivity index (χ0n) is 12.0. The summed E-state index contributed by atoms with van der Waals surface area (Å²) in [4.78, 5) is 13.9. The molecule has 0 aromatic carbocycles. The number of hydrogen-bond acceptors (Lipinski definition) is 4. The van der Waals surface area contributed by atoms with Gasteiger partial charge in [0.05, 0.1) is 12.0 Å². The van der Waals surface area contributed by atoms with E-state index in [4.69, 9.17) is 4.74 Å². The van der Waals surface area contributed by atoms with Crippen LogP contribution in [-0.2, 0) is 4.74 Å². The van der Waals surface area contributed by atoms with Crippen LogP contribution in [0, 0.1) is 22.7 Å². The molecule has 1 amide bonds. The Morgan fingerprint density at radius 3 is 2.84 bits per heavy atom. The van der Waals surface area contributed by atoms with Crippen molar-refractivity contribution in [2.24, 2.45) is 11.3 Å². The number of carbonyl (C=O) groups is 1. The van der Waals surface area contributed by atoms with Gasteiger partial charge in [-0.2, -0.15) is 5.26 Å². The van der Waals surface area contributed by atoms with Gasteiger partial charge in [0.25, 0.3) is 0 Å². The molecule has 2 fully saturated rings. The molecular formula is C14H23N3O2. The van der Waals surface area contributed by atoms with Crippen LogP contribution < -0.4 is 5.32 Å². The van der Waals surface area contributed by atoms with E-state index in [-0.39, 0.29) is 17.4 Å². The van der Waals surface area contributed by atoms with Crippen molar-refractivity contribution in [3.05, 3.63) is 0 Å². The van der Waals surface area contributed by atoms with E-state index in [9.17, 15) is 10.1 Å². The largest absolute Gasteiger partial charge is 0.444 e. The van der Waals surface area contributed by atoms with Crippen molar-refractivity contribution in [2.45, 2.75) is 39.2 Å². The minimum absolute atomic E-state index is 0.00585. The van der Waals surface area contributed by atoms with E-state index in [1.165, 1.54) is 0 Å². The Bertz CT molecular complexity index is 396. The number of nitrogens with zero attached hydrogens (tertiary/aromatic N) is 2. The topological polar surface area (TPSA) is 65.4 Å². The van der Waals surface area contributed by atoms with Crippen LogP contribution in [0.1, 0.15) is 33.6 Å². The number of nitriles is 1. The maximum absolute atomic E-state index is 12.1. The second kappa shape index (κ2) is 5.01. The van der Waals surface area contributed by atoms with E-state index in [1.807, 2.05) is 20.8 Å². The highest BCUT2D eigenvalue weighted by Crippen LogP contribution is 2.42. The highest BCUT2D eigenvalue weighted by molar-refractivity contribution is 5.68. The summed E-state index contributed by atoms with van der Waals surface area (Å²) in [7, 11) is 0. The molecule has 106 valence electrons. The average Bonchev–Trinajstić information content (AvgIpc) is 2.73. The Hall–Kier alpha value is -1.28. The average molecular weight is 265 g/mol. The third-order valence-electron chi connectivity index (χ3n) is 4.08. The first-order valence-corrected chi connectivity index (χ1v) is 6.95. The molecule has 0 aromatic rings. The monoisotopic (exact) mass is 265 g/mol. The molecule has 0 aliphatic carbocycles. The molecule has 5 nitrogen and oxygen atoms in total. The van der Waals surface area contributed by atoms with Crippen molar-refractivity contribution in [1.29, 1.82) is 5.26 Å². The summed E-state index contributed by atoms with van der Waals surface area (Å²) in [6, 6.07) is 2.40. The minimum atomic E-state index is -0.463. The zero-order chi connectivity index (χ0) is 14.1. The van der Waals surface area contributed by atoms with Gasteiger partial charge in [-0.05, 0) is 40.2 Å². The molecule has 5 heteroatoms. The molecule has 0 aromatic heterocycles. The van der Waals surface area contributed by atoms with Crippen LogP contribution in [0.25, 0.3) is 0 Å². The molecule has 2 saturated heterocycles. The highest BCUT2D eigenvalue weighted by atomic mass is 16.6. The Labute approximate surface area is 114 Å². The lowest BCUT2D eigenvalue weighted by molar-refractivity contribution is 0.0252. The van der Waals surface area contributed by atoms with Gasteiger partial charge in [-0.1, -0.05) is 0 Å². The highest BCUT2D eigenvalue weighted by Gasteiger charge is 2.47. The van der Waals surface area contributed by atoms with Crippen LogP contribution in [-0.4, -0.2) is 42.8 Å². The Morgan fingerprint density at radius 1 is 1.47 bits per heavy atom. The molecule has 2 aliphatic rings. The second-order valence-corrected chi connectivity index (χ2v) is 6.65. The number of nitrogens with one attached hydrogen (secondary N) is 1. The zero-order valence-corrected chi connectivity index (χ0v) is 12.0. The van der Waals surface area contributed by atoms with Gasteiger partial charge in [0.15, 0.2) is 0 Å². The molecule has 19 heavy (non-hydrogen) atoms. The van der Waals surface area contributed by atoms with E-state index >= 15 is 0 Å². The first-order chi connectivity index (χ1) is 8.86. The summed E-state index contributed by atoms with van der Waals surface area (Å²) in [5, 5.41) is 12.6. The molecule has 1 N–H and O–H groups in total. The van der Waals surface area contributed by atoms with Gasteiger partial charge in [0.2, 0.25) is 0 Å². The van der Waals surface area contributed by atoms with Crippen molar-refractivity contribution < 1.29 is 9.53 Å². The van der Waals surface area contributed by atoms with Crippen LogP contribution >= 0.6 is 0 Å². The fourth-order valence-electron chi connectivity index (χ4n) is 3.02. The maximum atomic E-state index is 12.1. The molecule has 2 atom stereocenters. The summed E-state index contributed by atoms with van der Waals surface area (Å²) in [6.07, 6.45) is 1.62. The SMILES string of the molecule is CC(C)(C)OC(=O)N1CCC2(CCNCC2C#N)C1. The van der Waals surface area contributed by atoms with Gasteiger partial charge < -0.3 is 15.0 Å². The number of hydrogen-bond donors (Lipinski definition) is 1. The number of amides is 1. The Kier molecular flexibility index (Phi) is 3.73. The number of carbonyl (C=O) groups excluding carboxylic acids is 1. The smallest absolute Gasteiger partial charge is 0.410 e. The van der Waals surface area contributed by atoms with Crippen molar-refractivity contribution in [1.82, 2.24) is 10.2 Å². The van der Waals surface area contributed by atoms with Crippen LogP contribution in [0.5, 0.6) is 0 Å². The molecule has 2 heterocycles. The molecule has 2 unspecified atom stereocenters. The molecule has 2 rings (SSSR count). The Balaban J connectivity index is 2.02. The van der Waals surface area contributed by atoms with Crippen LogP contribution in [0.4, 0.5) is 4.79 Å². The third kappa shape index (κ3) is 3.01. The lowest BCUT2D eigenvalue weighted by Crippen LogP contribution is -2.47. The van der Waals surface area contributed by atoms with Crippen molar-refractivity contribution in [3.63, 3.8) is 0 Å². The van der Waals surface area contributed by atoms with E-state index in [0.717, 1.165) is 25.9 Å². The van der Waals surface area contributed by atoms with E-state index in [2.05, 4.69) is 11.4 Å². The number of likely N-dealkylation sites (tertiary alicyclic amines) is 1. The summed E-state index contributed by atoms with van der Waals surface area (Å²) in [6.45, 7) is 8.64. The molecular weight excluding hydrogens is 242 g/mol. The lowest BCUT2D eigenvalue weighted by Gasteiger charge is -2.38. The standard InChI is InChI=1S/C14H23N3O2/c1-13(2,3)19-12(18)17-7-5-14(10-17)4-6-16-9-11(14)8-15/h11,16H,4-7,9-10H2,1-3H3. The second-order valence-electron chi connectivity index (χ2n) is 6.65. The summed E-state index contributed by atoms with van der Waals surface area (Å²) >= 11 is 0. The molecule has 0 saturated carbocycles. The van der Waals surface area contributed by atoms with Crippen LogP contribution in [0.3, 0.4) is 0 Å². The van der Waals surface area contributed by atoms with Gasteiger partial charge in [-0.3, -0.25) is 0 Å². The normalized spacial score (nSPS) is 31.3. The van der Waals surface area contributed by atoms with E-state index in [1.54, 1.807) is 4.90 Å². The predicted molar refractivity (Wildman–Crippen MR) is 71.4 cm³/mol. The van der Waals surface area contributed by atoms with Gasteiger partial charge in [0, 0.05) is 25.0 Å². The predicted octanol–water partition coefficient (Wildman–Crippen LogP) is 1.75. The summed E-state index contributed by atoms with van der Waals surface area (Å²) in [5.74, 6) is -0.00585. The third-order valence-corrected chi connectivity index (χ3v) is 4.08. The Morgan fingerprint density at radius 2 is 2.21 bits per heavy atom. The first-order valence-electron chi connectivity index (χ1n) is 6.95. The van der Waals surface area contributed by atoms with Gasteiger partial charge in [-0.25, -0.2) is 4.79 Å². The van der Waals surface area contributed by atoms with Crippen molar-refractivity contribution in [3.8, 4) is 6.07 Å². The van der Waals surface area contributed by atoms with Crippen LogP contribution in [0.2, 0.25) is 0 Å². The van der Waals surface area contributed by atoms with Gasteiger partial charge in [0.1, 0.15) is 5.60 Å². The molecule has 1 spiro atoms. The van der Waals surface area contributed by atoms with Gasteiger partial charge in [-0.15, -0.1) is 0 Å². The molecule has 2 aliphatic heterocycles. The molecule has 0 radical (unpaired) electrons. The van der Waals surface area contributed by atoms with Crippen molar-refractivity contribution >= 4 is 6.09 Å². The first kappa shape index (κ1) is 14.1. The van der Waals surface area contributed by atoms with Crippen LogP contribution in [0.15, 0.2) is 0 Å². The summed E-state index contributed by atoms with van der Waals surface area (Å²) in [5.41, 5.74) is -0.494.